The Hall–Kier alpha value is -2.38. The third-order valence-electron chi connectivity index (χ3n) is 5.99. The predicted octanol–water partition coefficient (Wildman–Crippen LogP) is 4.53. The summed E-state index contributed by atoms with van der Waals surface area (Å²) in [6.07, 6.45) is 6.78. The molecule has 0 atom stereocenters. The first kappa shape index (κ1) is 20.9. The molecule has 1 aliphatic rings. The molecule has 3 heterocycles. The second kappa shape index (κ2) is 8.78. The highest BCUT2D eigenvalue weighted by Crippen LogP contribution is 2.34. The van der Waals surface area contributed by atoms with Gasteiger partial charge in [-0.3, -0.25) is 4.90 Å². The fourth-order valence-electron chi connectivity index (χ4n) is 4.50. The number of aryl methyl sites for hydroxylation is 1. The smallest absolute Gasteiger partial charge is 0.335 e. The van der Waals surface area contributed by atoms with Gasteiger partial charge in [-0.1, -0.05) is 22.9 Å². The molecular weight excluding hydrogens is 446 g/mol. The number of halogens is 1. The lowest BCUT2D eigenvalue weighted by molar-refractivity contribution is -0.580. The number of hydrogen-bond acceptors (Lipinski definition) is 3. The quantitative estimate of drug-likeness (QED) is 0.423. The number of pyridine rings is 1. The molecule has 1 N–H and O–H groups in total. The Morgan fingerprint density at radius 2 is 2.07 bits per heavy atom. The number of carboxylic acid groups (broad SMARTS) is 1. The normalized spacial score (nSPS) is 15.7. The average Bonchev–Trinajstić information content (AvgIpc) is 3.10. The monoisotopic (exact) mass is 471 g/mol. The van der Waals surface area contributed by atoms with Gasteiger partial charge in [0.05, 0.1) is 29.9 Å². The molecule has 1 aromatic carbocycles. The molecule has 7 heteroatoms. The van der Waals surface area contributed by atoms with Crippen LogP contribution in [0.1, 0.15) is 53.6 Å². The molecule has 30 heavy (non-hydrogen) atoms. The van der Waals surface area contributed by atoms with Crippen LogP contribution in [0.4, 0.5) is 0 Å². The zero-order valence-electron chi connectivity index (χ0n) is 17.1. The standard InChI is InChI=1S/C23H26BrN3O3/c1-2-9-26-15-20(19-4-3-10-27(30)22(19)26)16-7-11-25(12-8-16)14-18-13-17(23(28)29)5-6-21(18)24/h3-6,10,13,15-16H,2,7-9,11-12,14H2,1H3,(H,28,29). The first-order chi connectivity index (χ1) is 14.5. The highest BCUT2D eigenvalue weighted by Gasteiger charge is 2.27. The van der Waals surface area contributed by atoms with Crippen LogP contribution < -0.4 is 4.73 Å². The van der Waals surface area contributed by atoms with Crippen LogP contribution in [0.15, 0.2) is 47.2 Å². The van der Waals surface area contributed by atoms with E-state index in [-0.39, 0.29) is 0 Å². The van der Waals surface area contributed by atoms with Gasteiger partial charge in [-0.25, -0.2) is 14.1 Å². The number of aromatic nitrogens is 2. The van der Waals surface area contributed by atoms with Gasteiger partial charge >= 0.3 is 5.97 Å². The molecule has 0 saturated carbocycles. The van der Waals surface area contributed by atoms with E-state index in [9.17, 15) is 15.1 Å². The van der Waals surface area contributed by atoms with Crippen LogP contribution in [-0.2, 0) is 13.1 Å². The van der Waals surface area contributed by atoms with E-state index in [4.69, 9.17) is 0 Å². The van der Waals surface area contributed by atoms with Crippen molar-refractivity contribution in [1.29, 1.82) is 0 Å². The van der Waals surface area contributed by atoms with Gasteiger partial charge in [0.1, 0.15) is 0 Å². The van der Waals surface area contributed by atoms with Crippen molar-refractivity contribution < 1.29 is 14.6 Å². The lowest BCUT2D eigenvalue weighted by Gasteiger charge is -2.32. The molecule has 6 nitrogen and oxygen atoms in total. The Kier molecular flexibility index (Phi) is 6.11. The molecule has 1 aliphatic heterocycles. The number of benzene rings is 1. The molecule has 0 unspecified atom stereocenters. The molecule has 2 aromatic heterocycles. The Balaban J connectivity index is 1.50. The molecule has 0 aliphatic carbocycles. The fourth-order valence-corrected chi connectivity index (χ4v) is 4.87. The molecule has 0 bridgehead atoms. The van der Waals surface area contributed by atoms with Gasteiger partial charge in [0.25, 0.3) is 5.65 Å². The second-order valence-electron chi connectivity index (χ2n) is 8.01. The van der Waals surface area contributed by atoms with E-state index in [0.717, 1.165) is 71.2 Å². The zero-order valence-corrected chi connectivity index (χ0v) is 18.6. The first-order valence-electron chi connectivity index (χ1n) is 10.4. The number of aromatic carboxylic acids is 1. The van der Waals surface area contributed by atoms with E-state index in [2.05, 4.69) is 44.6 Å². The highest BCUT2D eigenvalue weighted by atomic mass is 79.9. The van der Waals surface area contributed by atoms with Gasteiger partial charge in [0.2, 0.25) is 0 Å². The lowest BCUT2D eigenvalue weighted by Crippen LogP contribution is -2.32. The third kappa shape index (κ3) is 4.09. The van der Waals surface area contributed by atoms with Crippen LogP contribution in [-0.4, -0.2) is 33.6 Å². The fraction of sp³-hybridized carbons (Fsp3) is 0.391. The summed E-state index contributed by atoms with van der Waals surface area (Å²) in [6.45, 7) is 5.58. The Morgan fingerprint density at radius 1 is 1.30 bits per heavy atom. The van der Waals surface area contributed by atoms with Gasteiger partial charge in [-0.15, -0.1) is 0 Å². The van der Waals surface area contributed by atoms with Gasteiger partial charge < -0.3 is 10.3 Å². The maximum absolute atomic E-state index is 12.4. The number of fused-ring (bicyclic) bond motifs is 1. The van der Waals surface area contributed by atoms with Crippen molar-refractivity contribution in [2.75, 3.05) is 13.1 Å². The topological polar surface area (TPSA) is 72.4 Å². The van der Waals surface area contributed by atoms with Crippen LogP contribution in [0.25, 0.3) is 11.0 Å². The Bertz CT molecular complexity index is 1070. The lowest BCUT2D eigenvalue weighted by atomic mass is 9.89. The molecule has 3 aromatic rings. The summed E-state index contributed by atoms with van der Waals surface area (Å²) in [5.41, 5.74) is 3.35. The van der Waals surface area contributed by atoms with Crippen molar-refractivity contribution in [2.24, 2.45) is 0 Å². The van der Waals surface area contributed by atoms with Crippen molar-refractivity contribution in [2.45, 2.75) is 45.2 Å². The summed E-state index contributed by atoms with van der Waals surface area (Å²) in [5, 5.41) is 22.7. The molecule has 0 spiro atoms. The van der Waals surface area contributed by atoms with E-state index in [1.54, 1.807) is 18.3 Å². The maximum atomic E-state index is 12.4. The molecule has 158 valence electrons. The van der Waals surface area contributed by atoms with Crippen LogP contribution in [0, 0.1) is 5.21 Å². The average molecular weight is 472 g/mol. The van der Waals surface area contributed by atoms with Gasteiger partial charge in [-0.2, -0.15) is 0 Å². The van der Waals surface area contributed by atoms with Crippen molar-refractivity contribution in [1.82, 2.24) is 9.47 Å². The first-order valence-corrected chi connectivity index (χ1v) is 11.2. The van der Waals surface area contributed by atoms with E-state index in [0.29, 0.717) is 11.5 Å². The van der Waals surface area contributed by atoms with Crippen LogP contribution in [0.3, 0.4) is 0 Å². The van der Waals surface area contributed by atoms with Crippen LogP contribution in [0.5, 0.6) is 0 Å². The third-order valence-corrected chi connectivity index (χ3v) is 6.76. The van der Waals surface area contributed by atoms with Gasteiger partial charge in [0.15, 0.2) is 0 Å². The van der Waals surface area contributed by atoms with Crippen molar-refractivity contribution in [3.63, 3.8) is 0 Å². The van der Waals surface area contributed by atoms with Gasteiger partial charge in [0, 0.05) is 16.6 Å². The second-order valence-corrected chi connectivity index (χ2v) is 8.87. The molecule has 4 rings (SSSR count). The van der Waals surface area contributed by atoms with E-state index in [1.807, 2.05) is 12.1 Å². The van der Waals surface area contributed by atoms with E-state index < -0.39 is 5.97 Å². The van der Waals surface area contributed by atoms with Crippen LogP contribution in [0.2, 0.25) is 0 Å². The summed E-state index contributed by atoms with van der Waals surface area (Å²) in [6, 6.07) is 9.08. The molecule has 0 radical (unpaired) electrons. The van der Waals surface area contributed by atoms with Crippen molar-refractivity contribution in [3.05, 3.63) is 69.1 Å². The summed E-state index contributed by atoms with van der Waals surface area (Å²) < 4.78 is 4.02. The minimum Gasteiger partial charge on any atom is -0.711 e. The number of carboxylic acids is 1. The van der Waals surface area contributed by atoms with Crippen molar-refractivity contribution in [3.8, 4) is 0 Å². The summed E-state index contributed by atoms with van der Waals surface area (Å²) in [4.78, 5) is 13.7. The number of likely N-dealkylation sites (tertiary alicyclic amines) is 1. The molecular formula is C23H26BrN3O3. The number of nitrogens with zero attached hydrogens (tertiary/aromatic N) is 3. The number of hydrogen-bond donors (Lipinski definition) is 1. The maximum Gasteiger partial charge on any atom is 0.335 e. The highest BCUT2D eigenvalue weighted by molar-refractivity contribution is 9.10. The SMILES string of the molecule is CCCn1cc(C2CCN(Cc3cc(C(=O)O)ccc3Br)CC2)c2ccc[n+]([O-])c21. The summed E-state index contributed by atoms with van der Waals surface area (Å²) in [7, 11) is 0. The molecule has 0 amide bonds. The number of piperidine rings is 1. The van der Waals surface area contributed by atoms with E-state index >= 15 is 0 Å². The number of rotatable bonds is 6. The minimum absolute atomic E-state index is 0.317. The van der Waals surface area contributed by atoms with E-state index in [1.165, 1.54) is 5.56 Å². The Morgan fingerprint density at radius 3 is 2.77 bits per heavy atom. The molecule has 1 fully saturated rings. The minimum atomic E-state index is -0.901. The van der Waals surface area contributed by atoms with Gasteiger partial charge in [-0.05, 0) is 74.2 Å². The summed E-state index contributed by atoms with van der Waals surface area (Å²) >= 11 is 3.55. The Labute approximate surface area is 184 Å². The van der Waals surface area contributed by atoms with Crippen LogP contribution >= 0.6 is 15.9 Å². The predicted molar refractivity (Wildman–Crippen MR) is 120 cm³/mol. The number of carbonyl (C=O) groups is 1. The largest absolute Gasteiger partial charge is 0.711 e. The molecule has 1 saturated heterocycles. The zero-order chi connectivity index (χ0) is 21.3. The van der Waals surface area contributed by atoms with Crippen molar-refractivity contribution >= 4 is 32.9 Å². The summed E-state index contributed by atoms with van der Waals surface area (Å²) in [5.74, 6) is -0.473.